The van der Waals surface area contributed by atoms with Gasteiger partial charge in [0.2, 0.25) is 5.95 Å². The molecular formula is C20H25FN4. The van der Waals surface area contributed by atoms with Gasteiger partial charge in [0, 0.05) is 30.5 Å². The highest BCUT2D eigenvalue weighted by Crippen LogP contribution is 2.37. The topological polar surface area (TPSA) is 41.1 Å². The van der Waals surface area contributed by atoms with Crippen LogP contribution in [-0.4, -0.2) is 23.1 Å². The zero-order valence-corrected chi connectivity index (χ0v) is 14.7. The van der Waals surface area contributed by atoms with Crippen LogP contribution >= 0.6 is 0 Å². The molecule has 0 spiro atoms. The van der Waals surface area contributed by atoms with Crippen LogP contribution in [0.1, 0.15) is 37.8 Å². The van der Waals surface area contributed by atoms with Gasteiger partial charge in [0.25, 0.3) is 0 Å². The molecular weight excluding hydrogens is 315 g/mol. The summed E-state index contributed by atoms with van der Waals surface area (Å²) in [6.45, 7) is 4.18. The first-order valence-corrected chi connectivity index (χ1v) is 9.30. The number of hydrogen-bond donors (Lipinski definition) is 1. The second-order valence-electron chi connectivity index (χ2n) is 7.36. The maximum Gasteiger partial charge on any atom is 0.229 e. The van der Waals surface area contributed by atoms with Crippen molar-refractivity contribution in [1.82, 2.24) is 9.97 Å². The SMILES string of the molecule is Cc1cc(N2CCC3CCCCC3C2)nc(Nc2ccc(F)cc2)n1. The molecule has 5 heteroatoms. The Morgan fingerprint density at radius 2 is 1.80 bits per heavy atom. The third kappa shape index (κ3) is 3.75. The maximum atomic E-state index is 13.1. The minimum absolute atomic E-state index is 0.244. The van der Waals surface area contributed by atoms with Crippen LogP contribution in [0.25, 0.3) is 0 Å². The van der Waals surface area contributed by atoms with E-state index in [9.17, 15) is 4.39 Å². The summed E-state index contributed by atoms with van der Waals surface area (Å²) in [4.78, 5) is 11.6. The molecule has 2 aliphatic rings. The summed E-state index contributed by atoms with van der Waals surface area (Å²) in [7, 11) is 0. The Kier molecular flexibility index (Phi) is 4.55. The quantitative estimate of drug-likeness (QED) is 0.880. The minimum Gasteiger partial charge on any atom is -0.356 e. The molecule has 4 nitrogen and oxygen atoms in total. The number of nitrogens with zero attached hydrogens (tertiary/aromatic N) is 3. The third-order valence-corrected chi connectivity index (χ3v) is 5.56. The molecule has 132 valence electrons. The molecule has 1 aliphatic heterocycles. The number of nitrogens with one attached hydrogen (secondary N) is 1. The lowest BCUT2D eigenvalue weighted by Crippen LogP contribution is -2.42. The van der Waals surface area contributed by atoms with Crippen molar-refractivity contribution in [3.63, 3.8) is 0 Å². The van der Waals surface area contributed by atoms with Crippen molar-refractivity contribution in [2.24, 2.45) is 11.8 Å². The van der Waals surface area contributed by atoms with Gasteiger partial charge in [-0.2, -0.15) is 4.98 Å². The van der Waals surface area contributed by atoms with Crippen LogP contribution in [0.5, 0.6) is 0 Å². The van der Waals surface area contributed by atoms with E-state index in [0.29, 0.717) is 5.95 Å². The highest BCUT2D eigenvalue weighted by atomic mass is 19.1. The first-order valence-electron chi connectivity index (χ1n) is 9.30. The Labute approximate surface area is 148 Å². The molecule has 25 heavy (non-hydrogen) atoms. The van der Waals surface area contributed by atoms with Gasteiger partial charge < -0.3 is 10.2 Å². The summed E-state index contributed by atoms with van der Waals surface area (Å²) in [5.41, 5.74) is 1.74. The summed E-state index contributed by atoms with van der Waals surface area (Å²) in [5, 5.41) is 3.19. The van der Waals surface area contributed by atoms with Gasteiger partial charge >= 0.3 is 0 Å². The molecule has 2 heterocycles. The number of halogens is 1. The molecule has 1 aliphatic carbocycles. The zero-order valence-electron chi connectivity index (χ0n) is 14.7. The Morgan fingerprint density at radius 3 is 2.60 bits per heavy atom. The molecule has 0 amide bonds. The molecule has 1 saturated carbocycles. The summed E-state index contributed by atoms with van der Waals surface area (Å²) in [6.07, 6.45) is 6.80. The second-order valence-corrected chi connectivity index (χ2v) is 7.36. The molecule has 2 aromatic rings. The van der Waals surface area contributed by atoms with E-state index in [0.717, 1.165) is 42.1 Å². The predicted molar refractivity (Wildman–Crippen MR) is 98.7 cm³/mol. The van der Waals surface area contributed by atoms with Crippen molar-refractivity contribution in [1.29, 1.82) is 0 Å². The normalized spacial score (nSPS) is 23.2. The standard InChI is InChI=1S/C20H25FN4/c1-14-12-19(25-11-10-15-4-2-3-5-16(15)13-25)24-20(22-14)23-18-8-6-17(21)7-9-18/h6-9,12,15-16H,2-5,10-11,13H2,1H3,(H,22,23,24). The fourth-order valence-corrected chi connectivity index (χ4v) is 4.24. The fraction of sp³-hybridized carbons (Fsp3) is 0.500. The van der Waals surface area contributed by atoms with Crippen molar-refractivity contribution in [2.45, 2.75) is 39.0 Å². The molecule has 1 aromatic carbocycles. The summed E-state index contributed by atoms with van der Waals surface area (Å²) in [5.74, 6) is 3.05. The van der Waals surface area contributed by atoms with Crippen LogP contribution in [0.15, 0.2) is 30.3 Å². The van der Waals surface area contributed by atoms with Crippen molar-refractivity contribution < 1.29 is 4.39 Å². The molecule has 1 saturated heterocycles. The number of piperidine rings is 1. The number of hydrogen-bond acceptors (Lipinski definition) is 4. The average Bonchev–Trinajstić information content (AvgIpc) is 2.63. The van der Waals surface area contributed by atoms with Gasteiger partial charge in [0.05, 0.1) is 0 Å². The van der Waals surface area contributed by atoms with E-state index in [1.165, 1.54) is 44.2 Å². The first kappa shape index (κ1) is 16.3. The molecule has 1 N–H and O–H groups in total. The van der Waals surface area contributed by atoms with Gasteiger partial charge in [0.1, 0.15) is 11.6 Å². The van der Waals surface area contributed by atoms with E-state index in [2.05, 4.69) is 21.3 Å². The Hall–Kier alpha value is -2.17. The minimum atomic E-state index is -0.244. The lowest BCUT2D eigenvalue weighted by atomic mass is 9.75. The van der Waals surface area contributed by atoms with Crippen LogP contribution in [0, 0.1) is 24.6 Å². The molecule has 2 unspecified atom stereocenters. The number of rotatable bonds is 3. The number of aryl methyl sites for hydroxylation is 1. The van der Waals surface area contributed by atoms with Gasteiger partial charge in [-0.15, -0.1) is 0 Å². The van der Waals surface area contributed by atoms with Crippen LogP contribution in [0.3, 0.4) is 0 Å². The van der Waals surface area contributed by atoms with Gasteiger partial charge in [-0.05, 0) is 55.9 Å². The first-order chi connectivity index (χ1) is 12.2. The van der Waals surface area contributed by atoms with Crippen LogP contribution in [0.2, 0.25) is 0 Å². The van der Waals surface area contributed by atoms with Gasteiger partial charge in [0.15, 0.2) is 0 Å². The number of benzene rings is 1. The Balaban J connectivity index is 1.52. The van der Waals surface area contributed by atoms with Crippen molar-refractivity contribution >= 4 is 17.5 Å². The Bertz CT molecular complexity index is 731. The fourth-order valence-electron chi connectivity index (χ4n) is 4.24. The van der Waals surface area contributed by atoms with Crippen molar-refractivity contribution in [2.75, 3.05) is 23.3 Å². The third-order valence-electron chi connectivity index (χ3n) is 5.56. The smallest absolute Gasteiger partial charge is 0.229 e. The lowest BCUT2D eigenvalue weighted by molar-refractivity contribution is 0.202. The van der Waals surface area contributed by atoms with Crippen LogP contribution in [-0.2, 0) is 0 Å². The summed E-state index contributed by atoms with van der Waals surface area (Å²) in [6, 6.07) is 8.35. The summed E-state index contributed by atoms with van der Waals surface area (Å²) < 4.78 is 13.1. The molecule has 0 bridgehead atoms. The average molecular weight is 340 g/mol. The lowest BCUT2D eigenvalue weighted by Gasteiger charge is -2.41. The molecule has 0 radical (unpaired) electrons. The van der Waals surface area contributed by atoms with E-state index in [-0.39, 0.29) is 5.82 Å². The Morgan fingerprint density at radius 1 is 1.04 bits per heavy atom. The van der Waals surface area contributed by atoms with E-state index < -0.39 is 0 Å². The predicted octanol–water partition coefficient (Wildman–Crippen LogP) is 4.68. The van der Waals surface area contributed by atoms with E-state index in [4.69, 9.17) is 4.98 Å². The van der Waals surface area contributed by atoms with Gasteiger partial charge in [-0.3, -0.25) is 0 Å². The zero-order chi connectivity index (χ0) is 17.2. The van der Waals surface area contributed by atoms with Crippen molar-refractivity contribution in [3.05, 3.63) is 41.8 Å². The van der Waals surface area contributed by atoms with E-state index >= 15 is 0 Å². The highest BCUT2D eigenvalue weighted by molar-refractivity contribution is 5.55. The molecule has 1 aromatic heterocycles. The van der Waals surface area contributed by atoms with E-state index in [1.54, 1.807) is 12.1 Å². The van der Waals surface area contributed by atoms with Crippen molar-refractivity contribution in [3.8, 4) is 0 Å². The van der Waals surface area contributed by atoms with Crippen LogP contribution < -0.4 is 10.2 Å². The largest absolute Gasteiger partial charge is 0.356 e. The molecule has 4 rings (SSSR count). The molecule has 2 atom stereocenters. The second kappa shape index (κ2) is 6.98. The monoisotopic (exact) mass is 340 g/mol. The molecule has 2 fully saturated rings. The van der Waals surface area contributed by atoms with Gasteiger partial charge in [-0.1, -0.05) is 19.3 Å². The van der Waals surface area contributed by atoms with Crippen LogP contribution in [0.4, 0.5) is 21.8 Å². The number of anilines is 3. The number of fused-ring (bicyclic) bond motifs is 1. The van der Waals surface area contributed by atoms with Gasteiger partial charge in [-0.25, -0.2) is 9.37 Å². The maximum absolute atomic E-state index is 13.1. The highest BCUT2D eigenvalue weighted by Gasteiger charge is 2.31. The summed E-state index contributed by atoms with van der Waals surface area (Å²) >= 11 is 0. The van der Waals surface area contributed by atoms with E-state index in [1.807, 2.05) is 6.92 Å². The number of aromatic nitrogens is 2.